The van der Waals surface area contributed by atoms with E-state index in [-0.39, 0.29) is 37.2 Å². The van der Waals surface area contributed by atoms with Crippen molar-refractivity contribution in [3.63, 3.8) is 0 Å². The molecular weight excluding hydrogens is 688 g/mol. The van der Waals surface area contributed by atoms with E-state index < -0.39 is 108 Å². The molecule has 3 heterocycles. The largest absolute Gasteiger partial charge is 0.431 e. The highest BCUT2D eigenvalue weighted by Crippen LogP contribution is 2.71. The van der Waals surface area contributed by atoms with Gasteiger partial charge in [0.1, 0.15) is 48.8 Å². The van der Waals surface area contributed by atoms with Gasteiger partial charge in [-0.15, -0.1) is 0 Å². The van der Waals surface area contributed by atoms with Crippen LogP contribution in [-0.2, 0) is 18.9 Å². The number of fused-ring (bicyclic) bond motifs is 5. The van der Waals surface area contributed by atoms with Gasteiger partial charge in [-0.1, -0.05) is 6.92 Å². The highest BCUT2D eigenvalue weighted by atomic mass is 16.7. The average Bonchev–Trinajstić information content (AvgIpc) is 3.41. The molecule has 2 unspecified atom stereocenters. The second kappa shape index (κ2) is 14.2. The lowest BCUT2D eigenvalue weighted by Gasteiger charge is -2.66. The van der Waals surface area contributed by atoms with Crippen molar-refractivity contribution in [2.75, 3.05) is 19.8 Å². The molecule has 16 nitrogen and oxygen atoms in total. The molecule has 0 spiro atoms. The van der Waals surface area contributed by atoms with Gasteiger partial charge in [0, 0.05) is 23.3 Å². The standard InChI is InChI=1S/C36H54O16/c1-33-8-5-20-21(36(33,47)11-7-19(33)17-2-3-24(40)48-15-17)6-10-35(46)12-18(4-9-34(20,35)16-39)49-30-28(44)29(23(14-38)50-31(30)45)52-32-27(43)26(42)25(41)22(13-37)51-32/h2-3,15,18-23,25-32,37-39,41-47H,4-14,16H2,1H3/t18?,19-,20?,21-,22-,23-,25-,26+,27-,28+,29-,30-,31+,32-,33-,34+,35+,36+/m1/s1. The predicted octanol–water partition coefficient (Wildman–Crippen LogP) is -2.02. The molecule has 4 aliphatic carbocycles. The van der Waals surface area contributed by atoms with Crippen LogP contribution >= 0.6 is 0 Å². The van der Waals surface area contributed by atoms with Crippen LogP contribution in [0.3, 0.4) is 0 Å². The van der Waals surface area contributed by atoms with Crippen molar-refractivity contribution >= 4 is 0 Å². The van der Waals surface area contributed by atoms with Crippen LogP contribution in [0.1, 0.15) is 76.2 Å². The van der Waals surface area contributed by atoms with E-state index in [4.69, 9.17) is 23.4 Å². The number of hydrogen-bond acceptors (Lipinski definition) is 16. The van der Waals surface area contributed by atoms with Crippen LogP contribution in [0.2, 0.25) is 0 Å². The Labute approximate surface area is 300 Å². The Hall–Kier alpha value is -1.61. The fourth-order valence-electron chi connectivity index (χ4n) is 11.5. The van der Waals surface area contributed by atoms with E-state index in [1.54, 1.807) is 6.07 Å². The quantitative estimate of drug-likeness (QED) is 0.138. The van der Waals surface area contributed by atoms with E-state index >= 15 is 0 Å². The van der Waals surface area contributed by atoms with Crippen LogP contribution < -0.4 is 5.63 Å². The molecule has 6 fully saturated rings. The maximum absolute atomic E-state index is 12.6. The summed E-state index contributed by atoms with van der Waals surface area (Å²) in [6.07, 6.45) is -10.9. The average molecular weight is 743 g/mol. The normalized spacial score (nSPS) is 52.1. The third-order valence-electron chi connectivity index (χ3n) is 14.3. The Morgan fingerprint density at radius 1 is 0.769 bits per heavy atom. The van der Waals surface area contributed by atoms with Crippen molar-refractivity contribution in [3.8, 4) is 0 Å². The summed E-state index contributed by atoms with van der Waals surface area (Å²) < 4.78 is 28.2. The lowest BCUT2D eigenvalue weighted by Crippen LogP contribution is -2.69. The van der Waals surface area contributed by atoms with Gasteiger partial charge in [-0.05, 0) is 80.8 Å². The second-order valence-corrected chi connectivity index (χ2v) is 16.5. The SMILES string of the molecule is C[C@]12CCC3[C@@H](CC[C@]4(O)CC(O[C@@H]5[C@@H](O)[C@H](O[C@H]6O[C@H](CO)[C@@H](O)[C@H](O)[C@H]6O)[C@@H](CO)O[C@@H]5O)CC[C@]34CO)[C@@]1(O)CC[C@@H]2c1ccc(=O)oc1. The first-order valence-corrected chi connectivity index (χ1v) is 18.5. The number of aliphatic hydroxyl groups is 10. The van der Waals surface area contributed by atoms with Crippen LogP contribution in [0.5, 0.6) is 0 Å². The Morgan fingerprint density at radius 2 is 1.50 bits per heavy atom. The van der Waals surface area contributed by atoms with E-state index in [0.717, 1.165) is 5.56 Å². The van der Waals surface area contributed by atoms with E-state index in [2.05, 4.69) is 6.92 Å². The first kappa shape index (κ1) is 38.7. The fourth-order valence-corrected chi connectivity index (χ4v) is 11.5. The van der Waals surface area contributed by atoms with Crippen molar-refractivity contribution in [1.29, 1.82) is 0 Å². The molecule has 1 aromatic heterocycles. The van der Waals surface area contributed by atoms with Crippen molar-refractivity contribution in [1.82, 2.24) is 0 Å². The van der Waals surface area contributed by atoms with Gasteiger partial charge < -0.3 is 74.4 Å². The third kappa shape index (κ3) is 5.84. The van der Waals surface area contributed by atoms with Gasteiger partial charge in [0.2, 0.25) is 0 Å². The molecule has 6 aliphatic rings. The highest BCUT2D eigenvalue weighted by Gasteiger charge is 2.71. The minimum Gasteiger partial charge on any atom is -0.431 e. The van der Waals surface area contributed by atoms with Crippen LogP contribution in [0.4, 0.5) is 0 Å². The molecule has 2 saturated heterocycles. The van der Waals surface area contributed by atoms with E-state index in [9.17, 15) is 55.9 Å². The fraction of sp³-hybridized carbons (Fsp3) is 0.861. The van der Waals surface area contributed by atoms with Crippen molar-refractivity contribution in [2.45, 2.75) is 149 Å². The lowest BCUT2D eigenvalue weighted by molar-refractivity contribution is -0.363. The summed E-state index contributed by atoms with van der Waals surface area (Å²) >= 11 is 0. The van der Waals surface area contributed by atoms with E-state index in [1.807, 2.05) is 0 Å². The Kier molecular flexibility index (Phi) is 10.5. The van der Waals surface area contributed by atoms with E-state index in [0.29, 0.717) is 44.9 Å². The van der Waals surface area contributed by atoms with Gasteiger partial charge in [-0.25, -0.2) is 4.79 Å². The zero-order valence-corrected chi connectivity index (χ0v) is 29.2. The van der Waals surface area contributed by atoms with Gasteiger partial charge >= 0.3 is 5.63 Å². The summed E-state index contributed by atoms with van der Waals surface area (Å²) in [5.74, 6) is -0.408. The van der Waals surface area contributed by atoms with Crippen molar-refractivity contribution < 1.29 is 74.4 Å². The summed E-state index contributed by atoms with van der Waals surface area (Å²) in [6.45, 7) is 0.365. The summed E-state index contributed by atoms with van der Waals surface area (Å²) in [5, 5.41) is 109. The molecule has 4 saturated carbocycles. The Bertz CT molecular complexity index is 1460. The maximum atomic E-state index is 12.6. The molecule has 1 aromatic rings. The monoisotopic (exact) mass is 742 g/mol. The Morgan fingerprint density at radius 3 is 2.17 bits per heavy atom. The molecule has 2 aliphatic heterocycles. The van der Waals surface area contributed by atoms with Crippen LogP contribution in [0.15, 0.2) is 27.6 Å². The summed E-state index contributed by atoms with van der Waals surface area (Å²) in [5.41, 5.74) is -3.48. The second-order valence-electron chi connectivity index (χ2n) is 16.5. The summed E-state index contributed by atoms with van der Waals surface area (Å²) in [6, 6.07) is 3.17. The zero-order chi connectivity index (χ0) is 37.4. The number of ether oxygens (including phenoxy) is 4. The first-order chi connectivity index (χ1) is 24.7. The first-order valence-electron chi connectivity index (χ1n) is 18.5. The summed E-state index contributed by atoms with van der Waals surface area (Å²) in [4.78, 5) is 11.7. The molecule has 52 heavy (non-hydrogen) atoms. The van der Waals surface area contributed by atoms with Crippen LogP contribution in [0.25, 0.3) is 0 Å². The number of aliphatic hydroxyl groups excluding tert-OH is 8. The highest BCUT2D eigenvalue weighted by molar-refractivity contribution is 5.28. The predicted molar refractivity (Wildman–Crippen MR) is 175 cm³/mol. The molecule has 7 rings (SSSR count). The van der Waals surface area contributed by atoms with Crippen LogP contribution in [0, 0.1) is 22.7 Å². The van der Waals surface area contributed by atoms with Crippen molar-refractivity contribution in [2.24, 2.45) is 22.7 Å². The molecule has 0 bridgehead atoms. The molecule has 0 amide bonds. The molecular formula is C36H54O16. The lowest BCUT2D eigenvalue weighted by atomic mass is 9.41. The zero-order valence-electron chi connectivity index (χ0n) is 29.2. The van der Waals surface area contributed by atoms with Gasteiger partial charge in [0.15, 0.2) is 12.6 Å². The molecule has 16 heteroatoms. The summed E-state index contributed by atoms with van der Waals surface area (Å²) in [7, 11) is 0. The van der Waals surface area contributed by atoms with Gasteiger partial charge in [0.25, 0.3) is 0 Å². The minimum absolute atomic E-state index is 0.0210. The van der Waals surface area contributed by atoms with Gasteiger partial charge in [-0.3, -0.25) is 0 Å². The number of hydrogen-bond donors (Lipinski definition) is 10. The smallest absolute Gasteiger partial charge is 0.335 e. The molecule has 0 radical (unpaired) electrons. The van der Waals surface area contributed by atoms with Crippen molar-refractivity contribution in [3.05, 3.63) is 34.4 Å². The Balaban J connectivity index is 1.07. The van der Waals surface area contributed by atoms with Gasteiger partial charge in [-0.2, -0.15) is 0 Å². The van der Waals surface area contributed by atoms with E-state index in [1.165, 1.54) is 12.3 Å². The topological polar surface area (TPSA) is 269 Å². The molecule has 18 atom stereocenters. The molecule has 294 valence electrons. The number of rotatable bonds is 8. The van der Waals surface area contributed by atoms with Gasteiger partial charge in [0.05, 0.1) is 43.4 Å². The third-order valence-corrected chi connectivity index (χ3v) is 14.3. The minimum atomic E-state index is -1.79. The molecule has 10 N–H and O–H groups in total. The molecule has 0 aromatic carbocycles. The maximum Gasteiger partial charge on any atom is 0.335 e. The van der Waals surface area contributed by atoms with Crippen LogP contribution in [-0.4, -0.2) is 150 Å².